The van der Waals surface area contributed by atoms with Gasteiger partial charge in [-0.15, -0.1) is 11.3 Å². The Morgan fingerprint density at radius 1 is 1.24 bits per heavy atom. The third-order valence-electron chi connectivity index (χ3n) is 4.24. The van der Waals surface area contributed by atoms with Gasteiger partial charge in [-0.25, -0.2) is 4.98 Å². The fourth-order valence-corrected chi connectivity index (χ4v) is 3.85. The number of fused-ring (bicyclic) bond motifs is 1. The maximum Gasteiger partial charge on any atom is 0.253 e. The summed E-state index contributed by atoms with van der Waals surface area (Å²) in [5.41, 5.74) is 5.63. The van der Waals surface area contributed by atoms with Crippen LogP contribution in [0.1, 0.15) is 37.3 Å². The van der Waals surface area contributed by atoms with E-state index < -0.39 is 0 Å². The third-order valence-corrected chi connectivity index (χ3v) is 5.28. The first kappa shape index (κ1) is 15.8. The van der Waals surface area contributed by atoms with Crippen LogP contribution in [0.5, 0.6) is 0 Å². The van der Waals surface area contributed by atoms with Gasteiger partial charge in [-0.2, -0.15) is 0 Å². The van der Waals surface area contributed by atoms with Crippen LogP contribution >= 0.6 is 11.3 Å². The number of carbonyl (C=O) groups excluding carboxylic acids is 1. The Labute approximate surface area is 149 Å². The summed E-state index contributed by atoms with van der Waals surface area (Å²) in [7, 11) is 0. The Morgan fingerprint density at radius 2 is 2.12 bits per heavy atom. The molecule has 4 heterocycles. The SMILES string of the molecule is Cc1nc(C)c(/C=C\c2cc(-c3cc4c([nH]3)CCNC4=O)ccn2)s1. The minimum absolute atomic E-state index is 0.00559. The highest BCUT2D eigenvalue weighted by atomic mass is 32.1. The van der Waals surface area contributed by atoms with Crippen molar-refractivity contribution in [1.82, 2.24) is 20.3 Å². The van der Waals surface area contributed by atoms with Gasteiger partial charge < -0.3 is 10.3 Å². The van der Waals surface area contributed by atoms with Crippen LogP contribution in [0.25, 0.3) is 23.4 Å². The molecule has 3 aromatic heterocycles. The molecule has 0 atom stereocenters. The number of nitrogens with one attached hydrogen (secondary N) is 2. The summed E-state index contributed by atoms with van der Waals surface area (Å²) in [6.07, 6.45) is 6.68. The van der Waals surface area contributed by atoms with E-state index in [1.54, 1.807) is 17.5 Å². The summed E-state index contributed by atoms with van der Waals surface area (Å²) < 4.78 is 0. The molecule has 1 aliphatic rings. The van der Waals surface area contributed by atoms with Crippen molar-refractivity contribution in [2.75, 3.05) is 6.54 Å². The number of thiazole rings is 1. The zero-order chi connectivity index (χ0) is 17.4. The van der Waals surface area contributed by atoms with Crippen LogP contribution in [-0.2, 0) is 6.42 Å². The molecule has 126 valence electrons. The molecular weight excluding hydrogens is 332 g/mol. The largest absolute Gasteiger partial charge is 0.358 e. The van der Waals surface area contributed by atoms with E-state index in [4.69, 9.17) is 0 Å². The van der Waals surface area contributed by atoms with Gasteiger partial charge in [-0.1, -0.05) is 0 Å². The highest BCUT2D eigenvalue weighted by Crippen LogP contribution is 2.25. The van der Waals surface area contributed by atoms with Crippen molar-refractivity contribution >= 4 is 29.4 Å². The molecule has 0 aliphatic carbocycles. The van der Waals surface area contributed by atoms with Crippen molar-refractivity contribution in [3.63, 3.8) is 0 Å². The van der Waals surface area contributed by atoms with Crippen LogP contribution in [0.3, 0.4) is 0 Å². The van der Waals surface area contributed by atoms with Gasteiger partial charge in [0.05, 0.1) is 26.8 Å². The number of H-pyrrole nitrogens is 1. The first-order valence-electron chi connectivity index (χ1n) is 8.19. The second kappa shape index (κ2) is 6.29. The number of hydrogen-bond donors (Lipinski definition) is 2. The number of rotatable bonds is 3. The number of aromatic nitrogens is 3. The Bertz CT molecular complexity index is 983. The van der Waals surface area contributed by atoms with Gasteiger partial charge in [-0.3, -0.25) is 9.78 Å². The molecule has 0 unspecified atom stereocenters. The van der Waals surface area contributed by atoms with E-state index in [0.717, 1.165) is 50.2 Å². The number of aromatic amines is 1. The first-order valence-corrected chi connectivity index (χ1v) is 9.00. The Balaban J connectivity index is 1.64. The molecule has 5 nitrogen and oxygen atoms in total. The zero-order valence-electron chi connectivity index (χ0n) is 14.1. The Kier molecular flexibility index (Phi) is 3.97. The van der Waals surface area contributed by atoms with Gasteiger partial charge >= 0.3 is 0 Å². The van der Waals surface area contributed by atoms with Crippen LogP contribution in [-0.4, -0.2) is 27.4 Å². The van der Waals surface area contributed by atoms with Crippen molar-refractivity contribution < 1.29 is 4.79 Å². The van der Waals surface area contributed by atoms with Crippen LogP contribution in [0.2, 0.25) is 0 Å². The topological polar surface area (TPSA) is 70.7 Å². The number of aryl methyl sites for hydroxylation is 2. The van der Waals surface area contributed by atoms with Gasteiger partial charge in [-0.05, 0) is 44.2 Å². The Hall–Kier alpha value is -2.73. The lowest BCUT2D eigenvalue weighted by molar-refractivity contribution is 0.0946. The van der Waals surface area contributed by atoms with E-state index in [2.05, 4.69) is 26.3 Å². The molecule has 25 heavy (non-hydrogen) atoms. The van der Waals surface area contributed by atoms with Crippen molar-refractivity contribution in [2.24, 2.45) is 0 Å². The summed E-state index contributed by atoms with van der Waals surface area (Å²) in [5.74, 6) is -0.00559. The minimum Gasteiger partial charge on any atom is -0.358 e. The lowest BCUT2D eigenvalue weighted by Gasteiger charge is -2.10. The number of amides is 1. The molecule has 6 heteroatoms. The third kappa shape index (κ3) is 3.13. The van der Waals surface area contributed by atoms with E-state index in [1.165, 1.54) is 0 Å². The fraction of sp³-hybridized carbons (Fsp3) is 0.211. The number of carbonyl (C=O) groups is 1. The summed E-state index contributed by atoms with van der Waals surface area (Å²) in [4.78, 5) is 25.3. The standard InChI is InChI=1S/C19H18N4OS/c1-11-18(25-12(2)22-11)4-3-14-9-13(5-7-20-14)17-10-15-16(23-17)6-8-21-19(15)24/h3-5,7,9-10,23H,6,8H2,1-2H3,(H,21,24)/b4-3-. The van der Waals surface area contributed by atoms with Crippen molar-refractivity contribution in [2.45, 2.75) is 20.3 Å². The summed E-state index contributed by atoms with van der Waals surface area (Å²) in [6.45, 7) is 4.71. The molecule has 4 rings (SSSR count). The monoisotopic (exact) mass is 350 g/mol. The van der Waals surface area contributed by atoms with Gasteiger partial charge in [0, 0.05) is 36.1 Å². The summed E-state index contributed by atoms with van der Waals surface area (Å²) >= 11 is 1.68. The van der Waals surface area contributed by atoms with E-state index >= 15 is 0 Å². The normalized spacial score (nSPS) is 13.9. The molecule has 0 bridgehead atoms. The molecule has 0 fully saturated rings. The maximum absolute atomic E-state index is 11.9. The second-order valence-corrected chi connectivity index (χ2v) is 7.30. The van der Waals surface area contributed by atoms with Crippen molar-refractivity contribution in [3.05, 3.63) is 56.9 Å². The Morgan fingerprint density at radius 3 is 2.88 bits per heavy atom. The second-order valence-electron chi connectivity index (χ2n) is 6.07. The average Bonchev–Trinajstić information content (AvgIpc) is 3.17. The minimum atomic E-state index is -0.00559. The van der Waals surface area contributed by atoms with Gasteiger partial charge in [0.2, 0.25) is 0 Å². The highest BCUT2D eigenvalue weighted by molar-refractivity contribution is 7.12. The van der Waals surface area contributed by atoms with E-state index in [1.807, 2.05) is 38.1 Å². The number of nitrogens with zero attached hydrogens (tertiary/aromatic N) is 2. The van der Waals surface area contributed by atoms with E-state index in [9.17, 15) is 4.79 Å². The lowest BCUT2D eigenvalue weighted by Crippen LogP contribution is -2.31. The maximum atomic E-state index is 11.9. The first-order chi connectivity index (χ1) is 12.1. The summed E-state index contributed by atoms with van der Waals surface area (Å²) in [5, 5.41) is 3.94. The molecule has 1 amide bonds. The van der Waals surface area contributed by atoms with E-state index in [0.29, 0.717) is 6.54 Å². The predicted octanol–water partition coefficient (Wildman–Crippen LogP) is 3.61. The molecule has 0 aromatic carbocycles. The molecule has 0 spiro atoms. The van der Waals surface area contributed by atoms with Gasteiger partial charge in [0.25, 0.3) is 5.91 Å². The zero-order valence-corrected chi connectivity index (χ0v) is 14.9. The number of pyridine rings is 1. The molecule has 0 saturated heterocycles. The molecule has 0 saturated carbocycles. The molecule has 2 N–H and O–H groups in total. The van der Waals surface area contributed by atoms with E-state index in [-0.39, 0.29) is 5.91 Å². The lowest BCUT2D eigenvalue weighted by atomic mass is 10.1. The molecule has 0 radical (unpaired) electrons. The molecular formula is C19H18N4OS. The fourth-order valence-electron chi connectivity index (χ4n) is 3.02. The number of hydrogen-bond acceptors (Lipinski definition) is 4. The smallest absolute Gasteiger partial charge is 0.253 e. The van der Waals surface area contributed by atoms with Crippen molar-refractivity contribution in [1.29, 1.82) is 0 Å². The van der Waals surface area contributed by atoms with Gasteiger partial charge in [0.15, 0.2) is 0 Å². The highest BCUT2D eigenvalue weighted by Gasteiger charge is 2.19. The quantitative estimate of drug-likeness (QED) is 0.758. The van der Waals surface area contributed by atoms with Crippen LogP contribution in [0.15, 0.2) is 24.4 Å². The van der Waals surface area contributed by atoms with Crippen molar-refractivity contribution in [3.8, 4) is 11.3 Å². The van der Waals surface area contributed by atoms with Crippen LogP contribution in [0.4, 0.5) is 0 Å². The van der Waals surface area contributed by atoms with Crippen LogP contribution < -0.4 is 5.32 Å². The predicted molar refractivity (Wildman–Crippen MR) is 101 cm³/mol. The van der Waals surface area contributed by atoms with Gasteiger partial charge in [0.1, 0.15) is 0 Å². The average molecular weight is 350 g/mol. The summed E-state index contributed by atoms with van der Waals surface area (Å²) in [6, 6.07) is 5.90. The molecule has 1 aliphatic heterocycles. The van der Waals surface area contributed by atoms with Crippen LogP contribution in [0, 0.1) is 13.8 Å². The molecule has 3 aromatic rings.